The molecule has 7 rings (SSSR count). The molecule has 0 aliphatic rings. The van der Waals surface area contributed by atoms with Crippen LogP contribution in [0.5, 0.6) is 0 Å². The molecule has 52 heavy (non-hydrogen) atoms. The first-order valence-electron chi connectivity index (χ1n) is 16.4. The van der Waals surface area contributed by atoms with E-state index in [2.05, 4.69) is 183 Å². The summed E-state index contributed by atoms with van der Waals surface area (Å²) in [7, 11) is 3.00. The monoisotopic (exact) mass is 870 g/mol. The van der Waals surface area contributed by atoms with E-state index in [0.29, 0.717) is 0 Å². The molecule has 1 atom stereocenters. The molecule has 0 aliphatic heterocycles. The van der Waals surface area contributed by atoms with Crippen LogP contribution in [-0.4, -0.2) is 19.0 Å². The number of nitriles is 1. The minimum atomic E-state index is -0.734. The third kappa shape index (κ3) is 11.8. The van der Waals surface area contributed by atoms with Crippen LogP contribution in [-0.2, 0) is 34.1 Å². The van der Waals surface area contributed by atoms with Crippen LogP contribution in [0.25, 0.3) is 0 Å². The van der Waals surface area contributed by atoms with E-state index in [1.54, 1.807) is 6.07 Å². The minimum absolute atomic E-state index is 0. The number of rotatable bonds is 9. The van der Waals surface area contributed by atoms with E-state index >= 15 is 0 Å². The van der Waals surface area contributed by atoms with Gasteiger partial charge >= 0.3 is 34.1 Å². The maximum atomic E-state index is 7.32. The molecule has 0 bridgehead atoms. The fraction of sp³-hybridized carbons (Fsp3) is 0.0889. The summed E-state index contributed by atoms with van der Waals surface area (Å²) in [6, 6.07) is 72.1. The van der Waals surface area contributed by atoms with Crippen molar-refractivity contribution in [1.29, 1.82) is 5.26 Å². The zero-order valence-corrected chi connectivity index (χ0v) is 34.8. The van der Waals surface area contributed by atoms with Crippen molar-refractivity contribution >= 4 is 47.7 Å². The van der Waals surface area contributed by atoms with Crippen molar-refractivity contribution in [1.82, 2.24) is 4.90 Å². The van der Waals surface area contributed by atoms with Crippen molar-refractivity contribution in [2.45, 2.75) is 13.0 Å². The van der Waals surface area contributed by atoms with E-state index < -0.39 is 15.8 Å². The Bertz CT molecular complexity index is 1890. The molecule has 268 valence electrons. The normalized spacial score (nSPS) is 10.6. The second-order valence-electron chi connectivity index (χ2n) is 11.5. The van der Waals surface area contributed by atoms with Crippen LogP contribution in [0.3, 0.4) is 0 Å². The Kier molecular flexibility index (Phi) is 20.7. The van der Waals surface area contributed by atoms with Gasteiger partial charge in [0.25, 0.3) is 0 Å². The second kappa shape index (κ2) is 24.0. The Labute approximate surface area is 344 Å². The minimum Gasteiger partial charge on any atom is -1.00 e. The first kappa shape index (κ1) is 44.8. The molecule has 7 aromatic carbocycles. The van der Waals surface area contributed by atoms with E-state index in [1.807, 2.05) is 30.3 Å². The van der Waals surface area contributed by atoms with Crippen LogP contribution in [0.4, 0.5) is 0 Å². The molecule has 0 heterocycles. The molecule has 0 saturated heterocycles. The first-order valence-corrected chi connectivity index (χ1v) is 19.1. The summed E-state index contributed by atoms with van der Waals surface area (Å²) in [6.07, 6.45) is 0. The van der Waals surface area contributed by atoms with Crippen molar-refractivity contribution in [2.24, 2.45) is 0 Å². The Hall–Kier alpha value is -3.37. The zero-order chi connectivity index (χ0) is 34.3. The number of halogens is 1. The van der Waals surface area contributed by atoms with E-state index in [0.717, 1.165) is 0 Å². The van der Waals surface area contributed by atoms with Crippen molar-refractivity contribution < 1.29 is 51.1 Å². The average Bonchev–Trinajstić information content (AvgIpc) is 3.89. The van der Waals surface area contributed by atoms with Crippen molar-refractivity contribution in [3.63, 3.8) is 0 Å². The molecule has 0 fully saturated rings. The molecule has 0 spiro atoms. The van der Waals surface area contributed by atoms with Crippen LogP contribution in [0.15, 0.2) is 194 Å². The maximum absolute atomic E-state index is 7.32. The van der Waals surface area contributed by atoms with Gasteiger partial charge in [0, 0.05) is 13.0 Å². The van der Waals surface area contributed by atoms with Gasteiger partial charge in [0.2, 0.25) is 0 Å². The predicted molar refractivity (Wildman–Crippen MR) is 215 cm³/mol. The van der Waals surface area contributed by atoms with Gasteiger partial charge < -0.3 is 21.9 Å². The Balaban J connectivity index is 0.000000765. The summed E-state index contributed by atoms with van der Waals surface area (Å²) in [6.45, 7) is 1.43. The largest absolute Gasteiger partial charge is 2.00 e. The Morgan fingerprint density at radius 2 is 0.885 bits per heavy atom. The van der Waals surface area contributed by atoms with Gasteiger partial charge in [0.15, 0.2) is 0 Å². The summed E-state index contributed by atoms with van der Waals surface area (Å²) >= 11 is 0. The van der Waals surface area contributed by atoms with E-state index in [9.17, 15) is 0 Å². The quantitative estimate of drug-likeness (QED) is 0.109. The molecule has 0 radical (unpaired) electrons. The first-order chi connectivity index (χ1) is 24.1. The molecule has 0 unspecified atom stereocenters. The Morgan fingerprint density at radius 3 is 1.25 bits per heavy atom. The summed E-state index contributed by atoms with van der Waals surface area (Å²) in [5, 5.41) is 15.7. The van der Waals surface area contributed by atoms with Gasteiger partial charge in [-0.1, -0.05) is 154 Å². The third-order valence-electron chi connectivity index (χ3n) is 7.96. The summed E-state index contributed by atoms with van der Waals surface area (Å²) < 4.78 is 0. The van der Waals surface area contributed by atoms with Crippen LogP contribution in [0.1, 0.15) is 24.1 Å². The van der Waals surface area contributed by atoms with Gasteiger partial charge in [-0.25, -0.2) is 12.1 Å². The smallest absolute Gasteiger partial charge is 1.00 e. The van der Waals surface area contributed by atoms with Gasteiger partial charge in [0.1, 0.15) is 0 Å². The fourth-order valence-corrected chi connectivity index (χ4v) is 11.0. The Morgan fingerprint density at radius 1 is 0.519 bits per heavy atom. The van der Waals surface area contributed by atoms with Gasteiger partial charge in [-0.3, -0.25) is 0 Å². The van der Waals surface area contributed by atoms with E-state index in [1.165, 1.54) is 49.9 Å². The van der Waals surface area contributed by atoms with Crippen molar-refractivity contribution in [3.8, 4) is 6.07 Å². The maximum Gasteiger partial charge on any atom is 2.00 e. The number of hydrogen-bond acceptors (Lipinski definition) is 2. The topological polar surface area (TPSA) is 27.0 Å². The molecular weight excluding hydrogens is 830 g/mol. The zero-order valence-electron chi connectivity index (χ0n) is 29.4. The molecule has 7 heteroatoms. The van der Waals surface area contributed by atoms with Gasteiger partial charge in [-0.15, -0.1) is 0 Å². The summed E-state index contributed by atoms with van der Waals surface area (Å²) in [4.78, 5) is 2.39. The SMILES string of the molecule is CC#N.CN(C)[C@H](c1ccccc1P(c1ccccc1)c1ccccc1)c1c[cH-]cc1P(c1ccccc1)c1ccccc1.[Br-].[Cu+].[Fe+2].c1cc[cH-]c1. The van der Waals surface area contributed by atoms with Crippen molar-refractivity contribution in [2.75, 3.05) is 14.1 Å². The van der Waals surface area contributed by atoms with Crippen LogP contribution < -0.4 is 48.8 Å². The molecule has 0 amide bonds. The van der Waals surface area contributed by atoms with Gasteiger partial charge in [-0.05, 0) is 54.1 Å². The molecule has 0 aliphatic carbocycles. The number of hydrogen-bond donors (Lipinski definition) is 0. The van der Waals surface area contributed by atoms with Crippen LogP contribution in [0, 0.1) is 11.3 Å². The third-order valence-corrected chi connectivity index (χ3v) is 13.0. The van der Waals surface area contributed by atoms with Crippen LogP contribution >= 0.6 is 15.8 Å². The molecular formula is C45H42BrCuFeN2P2. The van der Waals surface area contributed by atoms with Gasteiger partial charge in [0.05, 0.1) is 6.07 Å². The predicted octanol–water partition coefficient (Wildman–Crippen LogP) is 5.51. The molecule has 2 nitrogen and oxygen atoms in total. The molecule has 0 saturated carbocycles. The summed E-state index contributed by atoms with van der Waals surface area (Å²) in [5.41, 5.74) is 2.76. The van der Waals surface area contributed by atoms with Crippen molar-refractivity contribution in [3.05, 3.63) is 205 Å². The molecule has 0 aromatic heterocycles. The van der Waals surface area contributed by atoms with Crippen LogP contribution in [0.2, 0.25) is 0 Å². The standard InChI is InChI=1S/C38H34NP2.C5H5.C2H3N.BrH.Cu.Fe/c1-39(2)38(35-27-17-29-37(35)41(32-22-11-5-12-23-32)33-24-13-6-14-25-33)34-26-15-16-28-36(34)40(30-18-7-3-8-19-30)31-20-9-4-10-21-31;1-2-4-5-3-1;1-2-3;;;/h3-29,38H,1-2H3;1-5H;1H3;1H;;/q2*-1;;;+1;+2/p-1/t38-;;;;;/m1...../s1. The van der Waals surface area contributed by atoms with Gasteiger partial charge in [-0.2, -0.15) is 52.5 Å². The number of benzene rings is 5. The molecule has 0 N–H and O–H groups in total. The number of nitrogens with zero attached hydrogens (tertiary/aromatic N) is 2. The second-order valence-corrected chi connectivity index (χ2v) is 15.9. The van der Waals surface area contributed by atoms with E-state index in [4.69, 9.17) is 5.26 Å². The molecule has 7 aromatic rings. The average molecular weight is 872 g/mol. The summed E-state index contributed by atoms with van der Waals surface area (Å²) in [5.74, 6) is 0. The fourth-order valence-electron chi connectivity index (χ4n) is 5.99. The van der Waals surface area contributed by atoms with E-state index in [-0.39, 0.29) is 57.2 Å².